The van der Waals surface area contributed by atoms with E-state index in [0.29, 0.717) is 0 Å². The van der Waals surface area contributed by atoms with Gasteiger partial charge in [0.1, 0.15) is 0 Å². The molecule has 2 nitrogen and oxygen atoms in total. The van der Waals surface area contributed by atoms with E-state index in [4.69, 9.17) is 0 Å². The van der Waals surface area contributed by atoms with Gasteiger partial charge in [0.15, 0.2) is 0 Å². The lowest BCUT2D eigenvalue weighted by molar-refractivity contribution is -0.184. The van der Waals surface area contributed by atoms with Crippen molar-refractivity contribution in [2.45, 2.75) is 12.5 Å². The molecule has 11 heavy (non-hydrogen) atoms. The van der Waals surface area contributed by atoms with Gasteiger partial charge in [-0.05, 0) is 12.0 Å². The highest BCUT2D eigenvalue weighted by molar-refractivity contribution is 5.20. The van der Waals surface area contributed by atoms with E-state index in [-0.39, 0.29) is 6.04 Å². The van der Waals surface area contributed by atoms with Gasteiger partial charge in [-0.2, -0.15) is 5.06 Å². The molecule has 0 radical (unpaired) electrons. The Morgan fingerprint density at radius 2 is 2.00 bits per heavy atom. The minimum Gasteiger partial charge on any atom is -0.313 e. The lowest BCUT2D eigenvalue weighted by Crippen LogP contribution is -2.37. The highest BCUT2D eigenvalue weighted by atomic mass is 16.5. The van der Waals surface area contributed by atoms with E-state index in [1.54, 1.807) is 0 Å². The van der Waals surface area contributed by atoms with E-state index >= 15 is 0 Å². The first-order valence-corrected chi connectivity index (χ1v) is 3.88. The molecule has 0 aliphatic carbocycles. The van der Waals surface area contributed by atoms with E-state index in [1.807, 2.05) is 30.3 Å². The molecule has 1 aromatic rings. The fraction of sp³-hybridized carbons (Fsp3) is 0.333. The molecule has 1 atom stereocenters. The highest BCUT2D eigenvalue weighted by Crippen LogP contribution is 2.30. The summed E-state index contributed by atoms with van der Waals surface area (Å²) in [5.74, 6) is 0. The summed E-state index contributed by atoms with van der Waals surface area (Å²) in [6.45, 7) is 0.805. The predicted molar refractivity (Wildman–Crippen MR) is 42.3 cm³/mol. The second-order valence-electron chi connectivity index (χ2n) is 2.88. The van der Waals surface area contributed by atoms with Crippen LogP contribution in [-0.4, -0.2) is 16.8 Å². The molecule has 2 rings (SSSR count). The van der Waals surface area contributed by atoms with Crippen LogP contribution in [0.25, 0.3) is 0 Å². The molecule has 0 amide bonds. The number of hydroxylamine groups is 2. The summed E-state index contributed by atoms with van der Waals surface area (Å²) in [4.78, 5) is 0. The van der Waals surface area contributed by atoms with Crippen molar-refractivity contribution < 1.29 is 5.21 Å². The van der Waals surface area contributed by atoms with Crippen LogP contribution in [0.15, 0.2) is 30.3 Å². The molecule has 2 heteroatoms. The average Bonchev–Trinajstić information content (AvgIpc) is 2.04. The van der Waals surface area contributed by atoms with E-state index in [9.17, 15) is 5.21 Å². The molecule has 0 bridgehead atoms. The summed E-state index contributed by atoms with van der Waals surface area (Å²) >= 11 is 0. The molecule has 58 valence electrons. The fourth-order valence-electron chi connectivity index (χ4n) is 1.39. The van der Waals surface area contributed by atoms with Gasteiger partial charge in [-0.3, -0.25) is 0 Å². The van der Waals surface area contributed by atoms with Crippen molar-refractivity contribution in [1.29, 1.82) is 0 Å². The molecule has 1 aromatic carbocycles. The van der Waals surface area contributed by atoms with Gasteiger partial charge in [-0.1, -0.05) is 30.3 Å². The molecule has 1 fully saturated rings. The Hall–Kier alpha value is -0.860. The second kappa shape index (κ2) is 2.64. The van der Waals surface area contributed by atoms with E-state index < -0.39 is 0 Å². The number of benzene rings is 1. The molecule has 1 unspecified atom stereocenters. The Labute approximate surface area is 66.0 Å². The van der Waals surface area contributed by atoms with Gasteiger partial charge in [0.2, 0.25) is 0 Å². The standard InChI is InChI=1S/C9H11NO/c11-10-7-6-9(10)8-4-2-1-3-5-8/h1-5,9,11H,6-7H2. The molecule has 1 saturated heterocycles. The number of hydrogen-bond acceptors (Lipinski definition) is 2. The smallest absolute Gasteiger partial charge is 0.0612 e. The molecule has 0 saturated carbocycles. The van der Waals surface area contributed by atoms with Gasteiger partial charge in [-0.25, -0.2) is 0 Å². The SMILES string of the molecule is ON1CCC1c1ccccc1. The molecule has 1 aliphatic rings. The predicted octanol–water partition coefficient (Wildman–Crippen LogP) is 1.82. The third kappa shape index (κ3) is 1.15. The maximum atomic E-state index is 9.19. The van der Waals surface area contributed by atoms with Crippen molar-refractivity contribution in [2.75, 3.05) is 6.54 Å². The number of rotatable bonds is 1. The van der Waals surface area contributed by atoms with Crippen LogP contribution in [-0.2, 0) is 0 Å². The minimum atomic E-state index is 0.246. The third-order valence-electron chi connectivity index (χ3n) is 2.18. The Bertz CT molecular complexity index is 235. The summed E-state index contributed by atoms with van der Waals surface area (Å²) in [6, 6.07) is 10.3. The quantitative estimate of drug-likeness (QED) is 0.658. The first-order valence-electron chi connectivity index (χ1n) is 3.88. The fourth-order valence-corrected chi connectivity index (χ4v) is 1.39. The summed E-state index contributed by atoms with van der Waals surface area (Å²) in [7, 11) is 0. The van der Waals surface area contributed by atoms with Gasteiger partial charge >= 0.3 is 0 Å². The lowest BCUT2D eigenvalue weighted by Gasteiger charge is -2.35. The zero-order chi connectivity index (χ0) is 7.68. The monoisotopic (exact) mass is 149 g/mol. The summed E-state index contributed by atoms with van der Waals surface area (Å²) in [5, 5.41) is 10.6. The Morgan fingerprint density at radius 1 is 1.27 bits per heavy atom. The van der Waals surface area contributed by atoms with Crippen molar-refractivity contribution in [3.63, 3.8) is 0 Å². The minimum absolute atomic E-state index is 0.246. The first kappa shape index (κ1) is 6.83. The van der Waals surface area contributed by atoms with Gasteiger partial charge in [0.25, 0.3) is 0 Å². The lowest BCUT2D eigenvalue weighted by atomic mass is 9.98. The third-order valence-corrected chi connectivity index (χ3v) is 2.18. The van der Waals surface area contributed by atoms with Crippen LogP contribution in [0.5, 0.6) is 0 Å². The van der Waals surface area contributed by atoms with E-state index in [2.05, 4.69) is 0 Å². The summed E-state index contributed by atoms with van der Waals surface area (Å²) in [5.41, 5.74) is 1.21. The van der Waals surface area contributed by atoms with Crippen LogP contribution < -0.4 is 0 Å². The molecule has 1 aliphatic heterocycles. The maximum Gasteiger partial charge on any atom is 0.0612 e. The van der Waals surface area contributed by atoms with Gasteiger partial charge in [0.05, 0.1) is 6.04 Å². The van der Waals surface area contributed by atoms with Crippen molar-refractivity contribution in [2.24, 2.45) is 0 Å². The molecular formula is C9H11NO. The normalized spacial score (nSPS) is 24.6. The number of hydrogen-bond donors (Lipinski definition) is 1. The number of nitrogens with zero attached hydrogens (tertiary/aromatic N) is 1. The molecule has 0 spiro atoms. The van der Waals surface area contributed by atoms with Gasteiger partial charge < -0.3 is 5.21 Å². The van der Waals surface area contributed by atoms with Crippen LogP contribution in [0.1, 0.15) is 18.0 Å². The van der Waals surface area contributed by atoms with E-state index in [0.717, 1.165) is 13.0 Å². The van der Waals surface area contributed by atoms with E-state index in [1.165, 1.54) is 10.6 Å². The second-order valence-corrected chi connectivity index (χ2v) is 2.88. The first-order chi connectivity index (χ1) is 5.38. The van der Waals surface area contributed by atoms with Crippen LogP contribution in [0.2, 0.25) is 0 Å². The highest BCUT2D eigenvalue weighted by Gasteiger charge is 2.27. The van der Waals surface area contributed by atoms with Crippen LogP contribution >= 0.6 is 0 Å². The molecule has 1 N–H and O–H groups in total. The average molecular weight is 149 g/mol. The zero-order valence-corrected chi connectivity index (χ0v) is 6.27. The Balaban J connectivity index is 2.17. The summed E-state index contributed by atoms with van der Waals surface area (Å²) < 4.78 is 0. The van der Waals surface area contributed by atoms with Crippen LogP contribution in [0.3, 0.4) is 0 Å². The molecule has 0 aromatic heterocycles. The Morgan fingerprint density at radius 3 is 2.45 bits per heavy atom. The Kier molecular flexibility index (Phi) is 1.64. The summed E-state index contributed by atoms with van der Waals surface area (Å²) in [6.07, 6.45) is 1.07. The van der Waals surface area contributed by atoms with Gasteiger partial charge in [-0.15, -0.1) is 0 Å². The topological polar surface area (TPSA) is 23.5 Å². The van der Waals surface area contributed by atoms with Crippen molar-refractivity contribution >= 4 is 0 Å². The van der Waals surface area contributed by atoms with Crippen molar-refractivity contribution in [3.8, 4) is 0 Å². The van der Waals surface area contributed by atoms with Crippen LogP contribution in [0.4, 0.5) is 0 Å². The van der Waals surface area contributed by atoms with Gasteiger partial charge in [0, 0.05) is 6.54 Å². The largest absolute Gasteiger partial charge is 0.313 e. The van der Waals surface area contributed by atoms with Crippen LogP contribution in [0, 0.1) is 0 Å². The van der Waals surface area contributed by atoms with Crippen molar-refractivity contribution in [1.82, 2.24) is 5.06 Å². The maximum absolute atomic E-state index is 9.19. The van der Waals surface area contributed by atoms with Crippen molar-refractivity contribution in [3.05, 3.63) is 35.9 Å². The molecule has 1 heterocycles. The zero-order valence-electron chi connectivity index (χ0n) is 6.27. The molecular weight excluding hydrogens is 138 g/mol.